The molecule has 1 aliphatic rings. The predicted octanol–water partition coefficient (Wildman–Crippen LogP) is 4.40. The van der Waals surface area contributed by atoms with E-state index in [4.69, 9.17) is 9.47 Å². The van der Waals surface area contributed by atoms with Crippen LogP contribution < -0.4 is 10.1 Å². The minimum Gasteiger partial charge on any atom is -0.465 e. The monoisotopic (exact) mass is 467 g/mol. The molecule has 184 valence electrons. The molecule has 0 atom stereocenters. The van der Waals surface area contributed by atoms with E-state index in [1.54, 1.807) is 0 Å². The minimum atomic E-state index is -0.0260. The summed E-state index contributed by atoms with van der Waals surface area (Å²) in [7, 11) is 4.14. The molecule has 1 aliphatic carbocycles. The van der Waals surface area contributed by atoms with Gasteiger partial charge in [0.1, 0.15) is 17.6 Å². The molecule has 7 nitrogen and oxygen atoms in total. The summed E-state index contributed by atoms with van der Waals surface area (Å²) in [6, 6.07) is 17.0. The van der Waals surface area contributed by atoms with E-state index < -0.39 is 0 Å². The van der Waals surface area contributed by atoms with Gasteiger partial charge < -0.3 is 19.7 Å². The van der Waals surface area contributed by atoms with Crippen LogP contribution in [0.1, 0.15) is 32.1 Å². The molecule has 1 fully saturated rings. The van der Waals surface area contributed by atoms with Crippen molar-refractivity contribution in [1.29, 1.82) is 0 Å². The average molecular weight is 468 g/mol. The predicted molar refractivity (Wildman–Crippen MR) is 134 cm³/mol. The van der Waals surface area contributed by atoms with E-state index in [0.717, 1.165) is 68.9 Å². The second-order valence-electron chi connectivity index (χ2n) is 9.22. The molecule has 0 bridgehead atoms. The molecular weight excluding hydrogens is 430 g/mol. The number of para-hydroxylation sites is 1. The molecule has 34 heavy (non-hydrogen) atoms. The maximum absolute atomic E-state index is 12.4. The Morgan fingerprint density at radius 1 is 0.941 bits per heavy atom. The number of nitrogens with zero attached hydrogens (tertiary/aromatic N) is 2. The van der Waals surface area contributed by atoms with Gasteiger partial charge in [-0.1, -0.05) is 18.2 Å². The van der Waals surface area contributed by atoms with E-state index in [1.165, 1.54) is 0 Å². The number of amides is 1. The van der Waals surface area contributed by atoms with Gasteiger partial charge in [0.2, 0.25) is 5.91 Å². The van der Waals surface area contributed by atoms with Gasteiger partial charge in [0.25, 0.3) is 6.47 Å². The standard InChI is InChI=1S/C27H37N3O4/c1-29(19-22-9-13-24(14-10-22)33-21-31)17-6-18-30(2)20-27(32)28-23-11-15-26(16-12-23)34-25-7-4-3-5-8-25/h3-5,7-8,11-12,15-16,21-22,24H,6,9-10,13-14,17-20H2,1-2H3,(H,28,32). The van der Waals surface area contributed by atoms with Crippen LogP contribution in [0.4, 0.5) is 5.69 Å². The van der Waals surface area contributed by atoms with Crippen molar-refractivity contribution in [3.05, 3.63) is 54.6 Å². The zero-order valence-corrected chi connectivity index (χ0v) is 20.3. The number of hydrogen-bond donors (Lipinski definition) is 1. The van der Waals surface area contributed by atoms with Gasteiger partial charge in [0.05, 0.1) is 6.54 Å². The molecule has 0 aliphatic heterocycles. The van der Waals surface area contributed by atoms with Crippen LogP contribution in [-0.2, 0) is 14.3 Å². The molecule has 1 N–H and O–H groups in total. The first-order chi connectivity index (χ1) is 16.5. The van der Waals surface area contributed by atoms with Gasteiger partial charge in [0, 0.05) is 12.2 Å². The quantitative estimate of drug-likeness (QED) is 0.440. The van der Waals surface area contributed by atoms with Crippen LogP contribution in [0.5, 0.6) is 11.5 Å². The van der Waals surface area contributed by atoms with Gasteiger partial charge in [-0.05, 0) is 102 Å². The minimum absolute atomic E-state index is 0.0260. The van der Waals surface area contributed by atoms with Crippen molar-refractivity contribution in [2.75, 3.05) is 45.6 Å². The Labute approximate surface area is 203 Å². The van der Waals surface area contributed by atoms with Crippen LogP contribution in [-0.4, -0.2) is 68.6 Å². The smallest absolute Gasteiger partial charge is 0.293 e. The number of carbonyl (C=O) groups excluding carboxylic acids is 2. The van der Waals surface area contributed by atoms with E-state index >= 15 is 0 Å². The molecule has 1 saturated carbocycles. The number of benzene rings is 2. The van der Waals surface area contributed by atoms with Crippen molar-refractivity contribution in [2.45, 2.75) is 38.2 Å². The zero-order chi connectivity index (χ0) is 24.2. The van der Waals surface area contributed by atoms with E-state index in [9.17, 15) is 9.59 Å². The molecular formula is C27H37N3O4. The first kappa shape index (κ1) is 25.7. The molecule has 0 radical (unpaired) electrons. The highest BCUT2D eigenvalue weighted by atomic mass is 16.5. The highest BCUT2D eigenvalue weighted by Gasteiger charge is 2.22. The van der Waals surface area contributed by atoms with Gasteiger partial charge in [0.15, 0.2) is 0 Å². The van der Waals surface area contributed by atoms with Crippen molar-refractivity contribution in [3.63, 3.8) is 0 Å². The van der Waals surface area contributed by atoms with Crippen LogP contribution >= 0.6 is 0 Å². The molecule has 0 aromatic heterocycles. The number of hydrogen-bond acceptors (Lipinski definition) is 6. The lowest BCUT2D eigenvalue weighted by Gasteiger charge is -2.30. The Kier molecular flexibility index (Phi) is 10.4. The second kappa shape index (κ2) is 13.7. The van der Waals surface area contributed by atoms with Crippen molar-refractivity contribution >= 4 is 18.1 Å². The maximum atomic E-state index is 12.4. The maximum Gasteiger partial charge on any atom is 0.293 e. The fourth-order valence-electron chi connectivity index (χ4n) is 4.43. The van der Waals surface area contributed by atoms with Gasteiger partial charge in [-0.2, -0.15) is 0 Å². The number of anilines is 1. The number of nitrogens with one attached hydrogen (secondary N) is 1. The van der Waals surface area contributed by atoms with E-state index in [2.05, 4.69) is 22.2 Å². The Balaban J connectivity index is 1.29. The summed E-state index contributed by atoms with van der Waals surface area (Å²) in [6.07, 6.45) is 5.29. The molecule has 3 rings (SSSR count). The fourth-order valence-corrected chi connectivity index (χ4v) is 4.43. The lowest BCUT2D eigenvalue weighted by Crippen LogP contribution is -2.34. The first-order valence-electron chi connectivity index (χ1n) is 12.1. The van der Waals surface area contributed by atoms with Crippen LogP contribution in [0, 0.1) is 5.92 Å². The van der Waals surface area contributed by atoms with E-state index in [0.29, 0.717) is 18.9 Å². The molecule has 1 amide bonds. The normalized spacial score (nSPS) is 18.0. The fraction of sp³-hybridized carbons (Fsp3) is 0.481. The molecule has 2 aromatic rings. The van der Waals surface area contributed by atoms with Crippen LogP contribution in [0.2, 0.25) is 0 Å². The van der Waals surface area contributed by atoms with Gasteiger partial charge >= 0.3 is 0 Å². The lowest BCUT2D eigenvalue weighted by atomic mass is 9.87. The van der Waals surface area contributed by atoms with Gasteiger partial charge in [-0.3, -0.25) is 14.5 Å². The summed E-state index contributed by atoms with van der Waals surface area (Å²) in [5.74, 6) is 2.15. The topological polar surface area (TPSA) is 71.1 Å². The Bertz CT molecular complexity index is 867. The molecule has 7 heteroatoms. The van der Waals surface area contributed by atoms with Gasteiger partial charge in [-0.25, -0.2) is 0 Å². The summed E-state index contributed by atoms with van der Waals surface area (Å²) < 4.78 is 10.9. The molecule has 0 saturated heterocycles. The Hall–Kier alpha value is -2.90. The summed E-state index contributed by atoms with van der Waals surface area (Å²) in [4.78, 5) is 27.3. The number of ether oxygens (including phenoxy) is 2. The Morgan fingerprint density at radius 3 is 2.26 bits per heavy atom. The highest BCUT2D eigenvalue weighted by molar-refractivity contribution is 5.92. The Morgan fingerprint density at radius 2 is 1.59 bits per heavy atom. The number of likely N-dealkylation sites (N-methyl/N-ethyl adjacent to an activating group) is 1. The molecule has 0 heterocycles. The van der Waals surface area contributed by atoms with E-state index in [-0.39, 0.29) is 12.0 Å². The summed E-state index contributed by atoms with van der Waals surface area (Å²) in [5, 5.41) is 2.95. The van der Waals surface area contributed by atoms with Crippen LogP contribution in [0.15, 0.2) is 54.6 Å². The van der Waals surface area contributed by atoms with Crippen LogP contribution in [0.3, 0.4) is 0 Å². The van der Waals surface area contributed by atoms with Crippen LogP contribution in [0.25, 0.3) is 0 Å². The van der Waals surface area contributed by atoms with E-state index in [1.807, 2.05) is 61.6 Å². The summed E-state index contributed by atoms with van der Waals surface area (Å²) in [6.45, 7) is 3.86. The molecule has 2 aromatic carbocycles. The van der Waals surface area contributed by atoms with Crippen molar-refractivity contribution < 1.29 is 19.1 Å². The third-order valence-electron chi connectivity index (χ3n) is 6.22. The van der Waals surface area contributed by atoms with Crippen molar-refractivity contribution in [1.82, 2.24) is 9.80 Å². The summed E-state index contributed by atoms with van der Waals surface area (Å²) >= 11 is 0. The SMILES string of the molecule is CN(CCCN(C)CC1CCC(OC=O)CC1)CC(=O)Nc1ccc(Oc2ccccc2)cc1. The largest absolute Gasteiger partial charge is 0.465 e. The lowest BCUT2D eigenvalue weighted by molar-refractivity contribution is -0.135. The van der Waals surface area contributed by atoms with Crippen molar-refractivity contribution in [3.8, 4) is 11.5 Å². The summed E-state index contributed by atoms with van der Waals surface area (Å²) in [5.41, 5.74) is 0.756. The third-order valence-corrected chi connectivity index (χ3v) is 6.22. The first-order valence-corrected chi connectivity index (χ1v) is 12.1. The second-order valence-corrected chi connectivity index (χ2v) is 9.22. The highest BCUT2D eigenvalue weighted by Crippen LogP contribution is 2.26. The number of rotatable bonds is 13. The van der Waals surface area contributed by atoms with Crippen molar-refractivity contribution in [2.24, 2.45) is 5.92 Å². The zero-order valence-electron chi connectivity index (χ0n) is 20.3. The number of carbonyl (C=O) groups is 2. The van der Waals surface area contributed by atoms with Gasteiger partial charge in [-0.15, -0.1) is 0 Å². The molecule has 0 unspecified atom stereocenters. The third kappa shape index (κ3) is 9.15. The average Bonchev–Trinajstić information content (AvgIpc) is 2.82. The molecule has 0 spiro atoms.